The lowest BCUT2D eigenvalue weighted by molar-refractivity contribution is -0.138. The Morgan fingerprint density at radius 3 is 2.52 bits per heavy atom. The molecule has 0 aliphatic carbocycles. The number of likely N-dealkylation sites (N-methyl/N-ethyl adjacent to an activating group) is 1. The number of nitrogens with one attached hydrogen (secondary N) is 3. The minimum Gasteiger partial charge on any atom is -0.493 e. The first-order chi connectivity index (χ1) is 15.5. The molecule has 0 unspecified atom stereocenters. The number of amides is 3. The molecule has 0 aromatic heterocycles. The van der Waals surface area contributed by atoms with E-state index in [2.05, 4.69) is 31.7 Å². The van der Waals surface area contributed by atoms with Crippen LogP contribution in [0.3, 0.4) is 0 Å². The second kappa shape index (κ2) is 11.3. The zero-order valence-electron chi connectivity index (χ0n) is 17.2. The topological polar surface area (TPSA) is 118 Å². The van der Waals surface area contributed by atoms with Crippen molar-refractivity contribution in [1.82, 2.24) is 10.7 Å². The van der Waals surface area contributed by atoms with E-state index in [-0.39, 0.29) is 17.2 Å². The summed E-state index contributed by atoms with van der Waals surface area (Å²) in [4.78, 5) is 34.6. The minimum atomic E-state index is -4.54. The predicted octanol–water partition coefficient (Wildman–Crippen LogP) is 2.69. The molecule has 0 bridgehead atoms. The number of alkyl halides is 3. The maximum atomic E-state index is 12.8. The molecule has 2 aromatic rings. The van der Waals surface area contributed by atoms with Gasteiger partial charge in [-0.2, -0.15) is 18.3 Å². The van der Waals surface area contributed by atoms with E-state index in [4.69, 9.17) is 9.47 Å². The van der Waals surface area contributed by atoms with Crippen LogP contribution >= 0.6 is 15.9 Å². The highest BCUT2D eigenvalue weighted by Gasteiger charge is 2.30. The van der Waals surface area contributed by atoms with Crippen LogP contribution in [0.25, 0.3) is 0 Å². The molecule has 0 atom stereocenters. The zero-order chi connectivity index (χ0) is 24.6. The van der Waals surface area contributed by atoms with Gasteiger partial charge in [0.1, 0.15) is 0 Å². The summed E-state index contributed by atoms with van der Waals surface area (Å²) in [5.74, 6) is -2.14. The number of rotatable bonds is 7. The summed E-state index contributed by atoms with van der Waals surface area (Å²) >= 11 is 3.27. The van der Waals surface area contributed by atoms with Crippen molar-refractivity contribution in [2.45, 2.75) is 6.18 Å². The molecule has 0 aliphatic heterocycles. The van der Waals surface area contributed by atoms with Gasteiger partial charge in [0.2, 0.25) is 0 Å². The maximum Gasteiger partial charge on any atom is 0.416 e. The van der Waals surface area contributed by atoms with Gasteiger partial charge in [0, 0.05) is 12.7 Å². The lowest BCUT2D eigenvalue weighted by Crippen LogP contribution is -2.35. The summed E-state index contributed by atoms with van der Waals surface area (Å²) in [6.07, 6.45) is -3.29. The second-order valence-corrected chi connectivity index (χ2v) is 7.08. The summed E-state index contributed by atoms with van der Waals surface area (Å²) in [5, 5.41) is 8.13. The fourth-order valence-electron chi connectivity index (χ4n) is 2.39. The van der Waals surface area contributed by atoms with Crippen molar-refractivity contribution in [2.75, 3.05) is 26.1 Å². The van der Waals surface area contributed by atoms with Gasteiger partial charge in [-0.05, 0) is 51.8 Å². The van der Waals surface area contributed by atoms with Crippen LogP contribution in [0.15, 0.2) is 46.0 Å². The zero-order valence-corrected chi connectivity index (χ0v) is 18.8. The third-order valence-corrected chi connectivity index (χ3v) is 4.48. The number of anilines is 1. The standard InChI is InChI=1S/C20H18BrF3N4O5/c1-25-18(30)19(31)28-26-9-11-6-14(21)17(15(7-11)32-2)33-10-16(29)27-13-5-3-4-12(8-13)20(22,23)24/h3-9H,10H2,1-2H3,(H,25,30)(H,27,29)(H,28,31)/b26-9+. The molecule has 0 fully saturated rings. The molecule has 13 heteroatoms. The van der Waals surface area contributed by atoms with E-state index in [1.165, 1.54) is 44.6 Å². The fourth-order valence-corrected chi connectivity index (χ4v) is 2.97. The summed E-state index contributed by atoms with van der Waals surface area (Å²) in [6.45, 7) is -0.513. The van der Waals surface area contributed by atoms with Gasteiger partial charge < -0.3 is 20.1 Å². The van der Waals surface area contributed by atoms with E-state index >= 15 is 0 Å². The molecule has 3 N–H and O–H groups in total. The Kier molecular flexibility index (Phi) is 8.79. The van der Waals surface area contributed by atoms with Gasteiger partial charge in [0.05, 0.1) is 23.4 Å². The second-order valence-electron chi connectivity index (χ2n) is 6.23. The predicted molar refractivity (Wildman–Crippen MR) is 116 cm³/mol. The number of methoxy groups -OCH3 is 1. The number of hydrogen-bond acceptors (Lipinski definition) is 6. The molecule has 3 amide bonds. The summed E-state index contributed by atoms with van der Waals surface area (Å²) in [5.41, 5.74) is 1.57. The molecule has 33 heavy (non-hydrogen) atoms. The van der Waals surface area contributed by atoms with E-state index in [0.717, 1.165) is 12.1 Å². The molecular formula is C20H18BrF3N4O5. The quantitative estimate of drug-likeness (QED) is 0.289. The van der Waals surface area contributed by atoms with Crippen LogP contribution in [0.5, 0.6) is 11.5 Å². The Morgan fingerprint density at radius 1 is 1.15 bits per heavy atom. The van der Waals surface area contributed by atoms with E-state index in [1.807, 2.05) is 5.43 Å². The highest BCUT2D eigenvalue weighted by Crippen LogP contribution is 2.36. The van der Waals surface area contributed by atoms with Crippen molar-refractivity contribution in [2.24, 2.45) is 5.10 Å². The number of carbonyl (C=O) groups is 3. The molecule has 2 aromatic carbocycles. The van der Waals surface area contributed by atoms with Crippen LogP contribution in [0.1, 0.15) is 11.1 Å². The van der Waals surface area contributed by atoms with Crippen molar-refractivity contribution in [3.05, 3.63) is 52.0 Å². The van der Waals surface area contributed by atoms with E-state index in [9.17, 15) is 27.6 Å². The van der Waals surface area contributed by atoms with Crippen LogP contribution in [-0.4, -0.2) is 44.7 Å². The average Bonchev–Trinajstić information content (AvgIpc) is 2.76. The number of carbonyl (C=O) groups excluding carboxylic acids is 3. The number of nitrogens with zero attached hydrogens (tertiary/aromatic N) is 1. The Hall–Kier alpha value is -3.61. The SMILES string of the molecule is CNC(=O)C(=O)N/N=C/c1cc(Br)c(OCC(=O)Nc2cccc(C(F)(F)F)c2)c(OC)c1. The van der Waals surface area contributed by atoms with Gasteiger partial charge in [-0.1, -0.05) is 6.07 Å². The van der Waals surface area contributed by atoms with Gasteiger partial charge in [0.15, 0.2) is 18.1 Å². The van der Waals surface area contributed by atoms with Crippen molar-refractivity contribution >= 4 is 45.6 Å². The first-order valence-electron chi connectivity index (χ1n) is 9.07. The van der Waals surface area contributed by atoms with E-state index in [1.54, 1.807) is 0 Å². The van der Waals surface area contributed by atoms with Crippen LogP contribution < -0.4 is 25.5 Å². The molecule has 0 aliphatic rings. The summed E-state index contributed by atoms with van der Waals surface area (Å²) < 4.78 is 49.5. The normalized spacial score (nSPS) is 11.1. The number of halogens is 4. The molecule has 0 saturated heterocycles. The summed E-state index contributed by atoms with van der Waals surface area (Å²) in [6, 6.07) is 7.23. The molecule has 0 saturated carbocycles. The van der Waals surface area contributed by atoms with Crippen LogP contribution in [0, 0.1) is 0 Å². The average molecular weight is 531 g/mol. The molecule has 0 radical (unpaired) electrons. The number of ether oxygens (including phenoxy) is 2. The lowest BCUT2D eigenvalue weighted by Gasteiger charge is -2.14. The first-order valence-corrected chi connectivity index (χ1v) is 9.87. The van der Waals surface area contributed by atoms with Crippen LogP contribution in [-0.2, 0) is 20.6 Å². The maximum absolute atomic E-state index is 12.8. The minimum absolute atomic E-state index is 0.0326. The molecule has 176 valence electrons. The smallest absolute Gasteiger partial charge is 0.416 e. The van der Waals surface area contributed by atoms with Gasteiger partial charge in [-0.15, -0.1) is 0 Å². The highest BCUT2D eigenvalue weighted by atomic mass is 79.9. The molecule has 0 spiro atoms. The number of hydrazone groups is 1. The van der Waals surface area contributed by atoms with E-state index < -0.39 is 36.1 Å². The first kappa shape index (κ1) is 25.6. The largest absolute Gasteiger partial charge is 0.493 e. The Morgan fingerprint density at radius 2 is 1.88 bits per heavy atom. The van der Waals surface area contributed by atoms with Gasteiger partial charge in [-0.3, -0.25) is 14.4 Å². The fraction of sp³-hybridized carbons (Fsp3) is 0.200. The number of hydrogen-bond donors (Lipinski definition) is 3. The van der Waals surface area contributed by atoms with Crippen LogP contribution in [0.2, 0.25) is 0 Å². The van der Waals surface area contributed by atoms with Gasteiger partial charge in [-0.25, -0.2) is 5.43 Å². The lowest BCUT2D eigenvalue weighted by atomic mass is 10.2. The van der Waals surface area contributed by atoms with Crippen molar-refractivity contribution < 1.29 is 37.0 Å². The van der Waals surface area contributed by atoms with Crippen LogP contribution in [0.4, 0.5) is 18.9 Å². The van der Waals surface area contributed by atoms with Crippen molar-refractivity contribution in [3.63, 3.8) is 0 Å². The Labute approximate surface area is 194 Å². The monoisotopic (exact) mass is 530 g/mol. The summed E-state index contributed by atoms with van der Waals surface area (Å²) in [7, 11) is 2.65. The molecular weight excluding hydrogens is 513 g/mol. The van der Waals surface area contributed by atoms with Gasteiger partial charge >= 0.3 is 18.0 Å². The Balaban J connectivity index is 2.05. The van der Waals surface area contributed by atoms with E-state index in [0.29, 0.717) is 10.0 Å². The van der Waals surface area contributed by atoms with Gasteiger partial charge in [0.25, 0.3) is 5.91 Å². The third kappa shape index (κ3) is 7.49. The third-order valence-electron chi connectivity index (χ3n) is 3.89. The molecule has 2 rings (SSSR count). The highest BCUT2D eigenvalue weighted by molar-refractivity contribution is 9.10. The van der Waals surface area contributed by atoms with Crippen molar-refractivity contribution in [1.29, 1.82) is 0 Å². The van der Waals surface area contributed by atoms with Crippen molar-refractivity contribution in [3.8, 4) is 11.5 Å². The number of benzene rings is 2. The molecule has 9 nitrogen and oxygen atoms in total. The molecule has 0 heterocycles. The Bertz CT molecular complexity index is 1080.